The summed E-state index contributed by atoms with van der Waals surface area (Å²) in [6.45, 7) is 5.44. The first-order chi connectivity index (χ1) is 28.8. The summed E-state index contributed by atoms with van der Waals surface area (Å²) in [7, 11) is 1.44. The molecule has 2 atom stereocenters. The van der Waals surface area contributed by atoms with E-state index in [2.05, 4.69) is 5.32 Å². The van der Waals surface area contributed by atoms with E-state index in [-0.39, 0.29) is 41.2 Å². The molecule has 1 aliphatic heterocycles. The average Bonchev–Trinajstić information content (AvgIpc) is 3.41. The number of phenolic OH excluding ortho intramolecular Hbond substituents is 1. The minimum Gasteiger partial charge on any atom is -0.508 e. The molecule has 7 rings (SSSR count). The number of fused-ring (bicyclic) bond motifs is 2. The number of nitrogens with zero attached hydrogens (tertiary/aromatic N) is 1. The van der Waals surface area contributed by atoms with Gasteiger partial charge in [0, 0.05) is 12.1 Å². The predicted molar refractivity (Wildman–Crippen MR) is 225 cm³/mol. The van der Waals surface area contributed by atoms with Gasteiger partial charge in [-0.3, -0.25) is 9.69 Å². The van der Waals surface area contributed by atoms with Gasteiger partial charge in [-0.1, -0.05) is 72.8 Å². The quantitative estimate of drug-likeness (QED) is 0.107. The van der Waals surface area contributed by atoms with Crippen molar-refractivity contribution >= 4 is 45.7 Å². The van der Waals surface area contributed by atoms with Crippen LogP contribution in [0.25, 0.3) is 21.5 Å². The van der Waals surface area contributed by atoms with Gasteiger partial charge in [-0.05, 0) is 122 Å². The van der Waals surface area contributed by atoms with Gasteiger partial charge < -0.3 is 34.1 Å². The summed E-state index contributed by atoms with van der Waals surface area (Å²) in [4.78, 5) is 58.2. The van der Waals surface area contributed by atoms with Crippen molar-refractivity contribution in [3.05, 3.63) is 150 Å². The van der Waals surface area contributed by atoms with Crippen molar-refractivity contribution < 1.29 is 48.0 Å². The van der Waals surface area contributed by atoms with Gasteiger partial charge in [0.1, 0.15) is 29.5 Å². The number of amides is 2. The third kappa shape index (κ3) is 8.97. The summed E-state index contributed by atoms with van der Waals surface area (Å²) in [6, 6.07) is 35.3. The molecule has 308 valence electrons. The molecule has 1 fully saturated rings. The van der Waals surface area contributed by atoms with Gasteiger partial charge in [0.25, 0.3) is 5.91 Å². The van der Waals surface area contributed by atoms with Crippen LogP contribution in [0.1, 0.15) is 71.9 Å². The van der Waals surface area contributed by atoms with Crippen molar-refractivity contribution in [2.24, 2.45) is 0 Å². The van der Waals surface area contributed by atoms with Crippen LogP contribution in [0.5, 0.6) is 17.2 Å². The third-order valence-electron chi connectivity index (χ3n) is 10.2. The highest BCUT2D eigenvalue weighted by Crippen LogP contribution is 2.47. The fraction of sp³-hybridized carbons (Fsp3) is 0.250. The predicted octanol–water partition coefficient (Wildman–Crippen LogP) is 9.65. The average molecular weight is 811 g/mol. The number of carbonyl (C=O) groups is 4. The topological polar surface area (TPSA) is 150 Å². The number of rotatable bonds is 9. The number of hydrogen-bond acceptors (Lipinski definition) is 10. The van der Waals surface area contributed by atoms with E-state index in [1.165, 1.54) is 42.3 Å². The Kier molecular flexibility index (Phi) is 11.9. The number of benzene rings is 6. The highest BCUT2D eigenvalue weighted by atomic mass is 16.8. The number of methoxy groups -OCH3 is 1. The number of nitrogens with one attached hydrogen (secondary N) is 1. The van der Waals surface area contributed by atoms with Crippen molar-refractivity contribution in [3.8, 4) is 17.2 Å². The van der Waals surface area contributed by atoms with Gasteiger partial charge in [-0.15, -0.1) is 0 Å². The Labute approximate surface area is 347 Å². The Morgan fingerprint density at radius 1 is 0.783 bits per heavy atom. The second-order valence-electron chi connectivity index (χ2n) is 15.5. The zero-order valence-corrected chi connectivity index (χ0v) is 33.8. The van der Waals surface area contributed by atoms with Gasteiger partial charge in [0.15, 0.2) is 0 Å². The molecule has 0 radical (unpaired) electrons. The first-order valence-electron chi connectivity index (χ1n) is 19.7. The van der Waals surface area contributed by atoms with E-state index in [1.54, 1.807) is 57.2 Å². The largest absolute Gasteiger partial charge is 0.518 e. The molecule has 0 spiro atoms. The normalized spacial score (nSPS) is 16.7. The molecule has 0 saturated carbocycles. The minimum atomic E-state index is -2.26. The Morgan fingerprint density at radius 3 is 2.22 bits per heavy atom. The number of ether oxygens (including phenoxy) is 5. The summed E-state index contributed by atoms with van der Waals surface area (Å²) in [5, 5.41) is 15.8. The molecule has 2 amide bonds. The molecule has 6 aromatic carbocycles. The number of esters is 1. The first kappa shape index (κ1) is 41.1. The minimum absolute atomic E-state index is 0.00417. The Balaban J connectivity index is 1.40. The van der Waals surface area contributed by atoms with Gasteiger partial charge in [0.2, 0.25) is 5.72 Å². The van der Waals surface area contributed by atoms with Crippen molar-refractivity contribution in [3.63, 3.8) is 0 Å². The maximum absolute atomic E-state index is 14.7. The van der Waals surface area contributed by atoms with Crippen LogP contribution in [0.15, 0.2) is 127 Å². The van der Waals surface area contributed by atoms with Crippen LogP contribution in [-0.4, -0.2) is 59.4 Å². The van der Waals surface area contributed by atoms with E-state index in [0.717, 1.165) is 16.3 Å². The smallest absolute Gasteiger partial charge is 0.508 e. The molecule has 0 aromatic heterocycles. The summed E-state index contributed by atoms with van der Waals surface area (Å²) in [5.41, 5.74) is -1.82. The Bertz CT molecular complexity index is 2530. The summed E-state index contributed by atoms with van der Waals surface area (Å²) in [5.74, 6) is -0.877. The van der Waals surface area contributed by atoms with Crippen LogP contribution in [0.4, 0.5) is 9.59 Å². The maximum atomic E-state index is 14.7. The van der Waals surface area contributed by atoms with E-state index in [0.29, 0.717) is 36.0 Å². The molecular weight excluding hydrogens is 765 g/mol. The van der Waals surface area contributed by atoms with Crippen molar-refractivity contribution in [1.82, 2.24) is 10.2 Å². The number of carbonyl (C=O) groups excluding carboxylic acids is 4. The molecular formula is C48H46N2O10. The van der Waals surface area contributed by atoms with Crippen molar-refractivity contribution in [1.29, 1.82) is 0 Å². The van der Waals surface area contributed by atoms with Gasteiger partial charge in [-0.25, -0.2) is 14.4 Å². The van der Waals surface area contributed by atoms with Gasteiger partial charge in [-0.2, -0.15) is 0 Å². The molecule has 0 aliphatic carbocycles. The molecule has 0 bridgehead atoms. The van der Waals surface area contributed by atoms with E-state index < -0.39 is 41.5 Å². The summed E-state index contributed by atoms with van der Waals surface area (Å²) >= 11 is 0. The highest BCUT2D eigenvalue weighted by molar-refractivity contribution is 5.99. The number of phenols is 1. The zero-order valence-electron chi connectivity index (χ0n) is 33.8. The molecule has 12 nitrogen and oxygen atoms in total. The second kappa shape index (κ2) is 17.4. The SMILES string of the molecule is COc1ccc2cc(OCc3ccccc3)ccc2c1C1(OC(=O)OC(=O)c2ccc3ccccc3c2)[C@H](NC(=O)c2ccc(O)cc2)CCCCN1C(=O)OC(C)(C)C. The Morgan fingerprint density at radius 2 is 1.48 bits per heavy atom. The maximum Gasteiger partial charge on any atom is 0.518 e. The first-order valence-corrected chi connectivity index (χ1v) is 19.7. The molecule has 1 aliphatic rings. The van der Waals surface area contributed by atoms with Crippen molar-refractivity contribution in [2.45, 2.75) is 64.0 Å². The number of hydrogen-bond donors (Lipinski definition) is 2. The third-order valence-corrected chi connectivity index (χ3v) is 10.2. The van der Waals surface area contributed by atoms with Crippen LogP contribution in [-0.2, 0) is 26.5 Å². The van der Waals surface area contributed by atoms with E-state index in [1.807, 2.05) is 60.7 Å². The van der Waals surface area contributed by atoms with Gasteiger partial charge in [0.05, 0.1) is 24.3 Å². The standard InChI is InChI=1S/C48H46N2O10/c1-47(2,3)59-45(54)50-27-11-10-16-41(49-43(52)33-19-22-37(51)23-20-33)48(50,60-46(55)58-44(53)36-18-17-32-14-8-9-15-34(32)28-36)42-39-25-24-38(29-35(39)21-26-40(42)56-4)57-30-31-12-6-5-7-13-31/h5-9,12-15,17-26,28-29,41,51H,10-11,16,27,30H2,1-4H3,(H,49,52)/t41-,48?/m1/s1. The summed E-state index contributed by atoms with van der Waals surface area (Å²) in [6.07, 6.45) is -1.21. The molecule has 1 heterocycles. The zero-order chi connectivity index (χ0) is 42.4. The number of aromatic hydroxyl groups is 1. The lowest BCUT2D eigenvalue weighted by molar-refractivity contribution is -0.144. The molecule has 6 aromatic rings. The van der Waals surface area contributed by atoms with Crippen LogP contribution in [0, 0.1) is 0 Å². The van der Waals surface area contributed by atoms with E-state index >= 15 is 0 Å². The lowest BCUT2D eigenvalue weighted by atomic mass is 9.86. The lowest BCUT2D eigenvalue weighted by Crippen LogP contribution is -2.63. The van der Waals surface area contributed by atoms with E-state index in [4.69, 9.17) is 23.7 Å². The molecule has 1 saturated heterocycles. The lowest BCUT2D eigenvalue weighted by Gasteiger charge is -2.46. The molecule has 12 heteroatoms. The fourth-order valence-electron chi connectivity index (χ4n) is 7.48. The van der Waals surface area contributed by atoms with Gasteiger partial charge >= 0.3 is 18.2 Å². The fourth-order valence-corrected chi connectivity index (χ4v) is 7.48. The van der Waals surface area contributed by atoms with Crippen molar-refractivity contribution in [2.75, 3.05) is 13.7 Å². The highest BCUT2D eigenvalue weighted by Gasteiger charge is 2.57. The molecule has 1 unspecified atom stereocenters. The molecule has 60 heavy (non-hydrogen) atoms. The van der Waals surface area contributed by atoms with Crippen LogP contribution < -0.4 is 14.8 Å². The summed E-state index contributed by atoms with van der Waals surface area (Å²) < 4.78 is 30.1. The second-order valence-corrected chi connectivity index (χ2v) is 15.5. The van der Waals surface area contributed by atoms with Crippen LogP contribution >= 0.6 is 0 Å². The van der Waals surface area contributed by atoms with Crippen LogP contribution in [0.3, 0.4) is 0 Å². The van der Waals surface area contributed by atoms with Crippen LogP contribution in [0.2, 0.25) is 0 Å². The Hall–Kier alpha value is -7.08. The monoisotopic (exact) mass is 810 g/mol. The number of likely N-dealkylation sites (tertiary alicyclic amines) is 1. The molecule has 2 N–H and O–H groups in total. The van der Waals surface area contributed by atoms with E-state index in [9.17, 15) is 24.3 Å².